The van der Waals surface area contributed by atoms with Crippen LogP contribution < -0.4 is 5.32 Å². The number of nitrogens with one attached hydrogen (secondary N) is 1. The standard InChI is InChI=1S/C13H20N4/c1-3-17-9-4-5-13(17)11-14-8-6-12-7-10-16(2)15-12/h4-5,7,9-10,14H,3,6,8,11H2,1-2H3. The van der Waals surface area contributed by atoms with Gasteiger partial charge in [-0.1, -0.05) is 0 Å². The van der Waals surface area contributed by atoms with E-state index in [0.717, 1.165) is 31.7 Å². The van der Waals surface area contributed by atoms with Crippen LogP contribution in [0.4, 0.5) is 0 Å². The molecule has 0 saturated heterocycles. The molecule has 0 amide bonds. The number of hydrogen-bond donors (Lipinski definition) is 1. The molecule has 0 fully saturated rings. The Morgan fingerprint density at radius 3 is 2.88 bits per heavy atom. The first-order chi connectivity index (χ1) is 8.29. The van der Waals surface area contributed by atoms with Gasteiger partial charge in [0, 0.05) is 51.2 Å². The van der Waals surface area contributed by atoms with E-state index >= 15 is 0 Å². The molecule has 2 aromatic heterocycles. The third-order valence-corrected chi connectivity index (χ3v) is 2.90. The largest absolute Gasteiger partial charge is 0.351 e. The smallest absolute Gasteiger partial charge is 0.0637 e. The molecule has 92 valence electrons. The maximum atomic E-state index is 4.35. The van der Waals surface area contributed by atoms with Gasteiger partial charge in [0.2, 0.25) is 0 Å². The van der Waals surface area contributed by atoms with Crippen LogP contribution in [0.15, 0.2) is 30.6 Å². The molecule has 0 spiro atoms. The lowest BCUT2D eigenvalue weighted by molar-refractivity contribution is 0.621. The first-order valence-corrected chi connectivity index (χ1v) is 6.13. The van der Waals surface area contributed by atoms with Gasteiger partial charge in [-0.25, -0.2) is 0 Å². The average Bonchev–Trinajstić information content (AvgIpc) is 2.93. The second kappa shape index (κ2) is 5.68. The van der Waals surface area contributed by atoms with Crippen LogP contribution in [-0.2, 0) is 26.6 Å². The third kappa shape index (κ3) is 3.20. The fraction of sp³-hybridized carbons (Fsp3) is 0.462. The summed E-state index contributed by atoms with van der Waals surface area (Å²) in [5, 5.41) is 7.80. The maximum Gasteiger partial charge on any atom is 0.0637 e. The zero-order valence-corrected chi connectivity index (χ0v) is 10.6. The molecule has 0 bridgehead atoms. The Morgan fingerprint density at radius 1 is 1.29 bits per heavy atom. The number of aromatic nitrogens is 3. The van der Waals surface area contributed by atoms with Crippen molar-refractivity contribution in [2.45, 2.75) is 26.4 Å². The molecule has 0 aromatic carbocycles. The van der Waals surface area contributed by atoms with Crippen LogP contribution in [0.1, 0.15) is 18.3 Å². The van der Waals surface area contributed by atoms with Crippen LogP contribution in [0.3, 0.4) is 0 Å². The van der Waals surface area contributed by atoms with Crippen LogP contribution in [0, 0.1) is 0 Å². The minimum Gasteiger partial charge on any atom is -0.351 e. The van der Waals surface area contributed by atoms with E-state index in [9.17, 15) is 0 Å². The van der Waals surface area contributed by atoms with Gasteiger partial charge in [-0.2, -0.15) is 5.10 Å². The monoisotopic (exact) mass is 232 g/mol. The van der Waals surface area contributed by atoms with Crippen molar-refractivity contribution in [1.82, 2.24) is 19.7 Å². The molecule has 17 heavy (non-hydrogen) atoms. The summed E-state index contributed by atoms with van der Waals surface area (Å²) >= 11 is 0. The number of rotatable bonds is 6. The highest BCUT2D eigenvalue weighted by Gasteiger charge is 1.99. The second-order valence-corrected chi connectivity index (χ2v) is 4.19. The zero-order valence-electron chi connectivity index (χ0n) is 10.6. The molecule has 2 heterocycles. The molecule has 0 aliphatic rings. The van der Waals surface area contributed by atoms with E-state index in [0.29, 0.717) is 0 Å². The van der Waals surface area contributed by atoms with E-state index in [2.05, 4.69) is 46.3 Å². The van der Waals surface area contributed by atoms with Crippen LogP contribution in [0.5, 0.6) is 0 Å². The van der Waals surface area contributed by atoms with Gasteiger partial charge in [-0.3, -0.25) is 4.68 Å². The van der Waals surface area contributed by atoms with Gasteiger partial charge in [0.05, 0.1) is 5.69 Å². The summed E-state index contributed by atoms with van der Waals surface area (Å²) in [6.07, 6.45) is 5.08. The first-order valence-electron chi connectivity index (χ1n) is 6.13. The van der Waals surface area contributed by atoms with E-state index in [1.165, 1.54) is 5.69 Å². The third-order valence-electron chi connectivity index (χ3n) is 2.90. The Kier molecular flexibility index (Phi) is 3.98. The van der Waals surface area contributed by atoms with Crippen molar-refractivity contribution in [3.63, 3.8) is 0 Å². The van der Waals surface area contributed by atoms with E-state index in [-0.39, 0.29) is 0 Å². The lowest BCUT2D eigenvalue weighted by Gasteiger charge is -2.07. The molecule has 0 radical (unpaired) electrons. The van der Waals surface area contributed by atoms with Crippen LogP contribution in [-0.4, -0.2) is 20.9 Å². The summed E-state index contributed by atoms with van der Waals surface area (Å²) in [4.78, 5) is 0. The van der Waals surface area contributed by atoms with Gasteiger partial charge in [0.1, 0.15) is 0 Å². The van der Waals surface area contributed by atoms with Crippen LogP contribution >= 0.6 is 0 Å². The first kappa shape index (κ1) is 11.9. The molecular formula is C13H20N4. The SMILES string of the molecule is CCn1cccc1CNCCc1ccn(C)n1. The number of hydrogen-bond acceptors (Lipinski definition) is 2. The van der Waals surface area contributed by atoms with Crippen molar-refractivity contribution in [3.8, 4) is 0 Å². The Labute approximate surface area is 102 Å². The fourth-order valence-electron chi connectivity index (χ4n) is 1.95. The van der Waals surface area contributed by atoms with Crippen molar-refractivity contribution < 1.29 is 0 Å². The van der Waals surface area contributed by atoms with Gasteiger partial charge in [0.25, 0.3) is 0 Å². The highest BCUT2D eigenvalue weighted by atomic mass is 15.2. The zero-order chi connectivity index (χ0) is 12.1. The Balaban J connectivity index is 1.73. The van der Waals surface area contributed by atoms with E-state index < -0.39 is 0 Å². The summed E-state index contributed by atoms with van der Waals surface area (Å²) in [5.41, 5.74) is 2.49. The van der Waals surface area contributed by atoms with E-state index in [1.807, 2.05) is 17.9 Å². The van der Waals surface area contributed by atoms with Crippen molar-refractivity contribution >= 4 is 0 Å². The van der Waals surface area contributed by atoms with Crippen molar-refractivity contribution in [1.29, 1.82) is 0 Å². The Morgan fingerprint density at radius 2 is 2.18 bits per heavy atom. The Hall–Kier alpha value is -1.55. The molecule has 0 aliphatic carbocycles. The maximum absolute atomic E-state index is 4.35. The van der Waals surface area contributed by atoms with Crippen molar-refractivity contribution in [3.05, 3.63) is 42.0 Å². The van der Waals surface area contributed by atoms with Gasteiger partial charge < -0.3 is 9.88 Å². The van der Waals surface area contributed by atoms with Gasteiger partial charge >= 0.3 is 0 Å². The Bertz CT molecular complexity index is 455. The highest BCUT2D eigenvalue weighted by Crippen LogP contribution is 2.01. The van der Waals surface area contributed by atoms with Crippen LogP contribution in [0.25, 0.3) is 0 Å². The molecule has 2 aromatic rings. The summed E-state index contributed by atoms with van der Waals surface area (Å²) in [6.45, 7) is 5.08. The summed E-state index contributed by atoms with van der Waals surface area (Å²) in [7, 11) is 1.95. The lowest BCUT2D eigenvalue weighted by Crippen LogP contribution is -2.18. The summed E-state index contributed by atoms with van der Waals surface area (Å²) in [6, 6.07) is 6.33. The minimum absolute atomic E-state index is 0.924. The molecule has 1 N–H and O–H groups in total. The molecule has 0 saturated carbocycles. The van der Waals surface area contributed by atoms with Gasteiger partial charge in [-0.05, 0) is 25.1 Å². The highest BCUT2D eigenvalue weighted by molar-refractivity contribution is 5.07. The summed E-state index contributed by atoms with van der Waals surface area (Å²) < 4.78 is 4.10. The minimum atomic E-state index is 0.924. The van der Waals surface area contributed by atoms with Gasteiger partial charge in [-0.15, -0.1) is 0 Å². The molecule has 4 heteroatoms. The second-order valence-electron chi connectivity index (χ2n) is 4.19. The molecule has 0 aliphatic heterocycles. The number of nitrogens with zero attached hydrogens (tertiary/aromatic N) is 3. The topological polar surface area (TPSA) is 34.8 Å². The van der Waals surface area contributed by atoms with E-state index in [1.54, 1.807) is 0 Å². The predicted molar refractivity (Wildman–Crippen MR) is 68.7 cm³/mol. The number of aryl methyl sites for hydroxylation is 2. The molecule has 4 nitrogen and oxygen atoms in total. The molecule has 0 unspecified atom stereocenters. The lowest BCUT2D eigenvalue weighted by atomic mass is 10.3. The normalized spacial score (nSPS) is 10.9. The van der Waals surface area contributed by atoms with Crippen molar-refractivity contribution in [2.24, 2.45) is 7.05 Å². The van der Waals surface area contributed by atoms with Gasteiger partial charge in [0.15, 0.2) is 0 Å². The summed E-state index contributed by atoms with van der Waals surface area (Å²) in [5.74, 6) is 0. The quantitative estimate of drug-likeness (QED) is 0.767. The van der Waals surface area contributed by atoms with Crippen molar-refractivity contribution in [2.75, 3.05) is 6.54 Å². The molecule has 2 rings (SSSR count). The fourth-order valence-corrected chi connectivity index (χ4v) is 1.95. The molecular weight excluding hydrogens is 212 g/mol. The van der Waals surface area contributed by atoms with E-state index in [4.69, 9.17) is 0 Å². The van der Waals surface area contributed by atoms with Crippen LogP contribution in [0.2, 0.25) is 0 Å². The predicted octanol–water partition coefficient (Wildman–Crippen LogP) is 1.57. The average molecular weight is 232 g/mol. The molecule has 0 atom stereocenters.